The first-order valence-electron chi connectivity index (χ1n) is 7.94. The number of hydrogen-bond donors (Lipinski definition) is 2. The number of amides is 1. The molecule has 1 aromatic heterocycles. The lowest BCUT2D eigenvalue weighted by Gasteiger charge is -2.25. The van der Waals surface area contributed by atoms with Crippen LogP contribution in [-0.2, 0) is 0 Å². The highest BCUT2D eigenvalue weighted by Gasteiger charge is 2.19. The Balaban J connectivity index is 2.62. The van der Waals surface area contributed by atoms with Crippen LogP contribution in [-0.4, -0.2) is 24.0 Å². The fourth-order valence-electron chi connectivity index (χ4n) is 2.46. The molecule has 0 bridgehead atoms. The van der Waals surface area contributed by atoms with Gasteiger partial charge < -0.3 is 10.6 Å². The zero-order valence-corrected chi connectivity index (χ0v) is 13.9. The van der Waals surface area contributed by atoms with Gasteiger partial charge in [-0.2, -0.15) is 0 Å². The summed E-state index contributed by atoms with van der Waals surface area (Å²) in [7, 11) is 0. The third-order valence-electron chi connectivity index (χ3n) is 3.75. The molecule has 1 heterocycles. The van der Waals surface area contributed by atoms with Crippen LogP contribution in [0.25, 0.3) is 0 Å². The fraction of sp³-hybridized carbons (Fsp3) is 0.647. The van der Waals surface area contributed by atoms with Crippen LogP contribution in [0.3, 0.4) is 0 Å². The van der Waals surface area contributed by atoms with Gasteiger partial charge in [0.15, 0.2) is 0 Å². The number of rotatable bonds is 8. The second kappa shape index (κ2) is 8.65. The molecule has 0 aliphatic rings. The van der Waals surface area contributed by atoms with Gasteiger partial charge in [0.05, 0.1) is 0 Å². The van der Waals surface area contributed by atoms with Gasteiger partial charge in [0, 0.05) is 13.1 Å². The molecule has 4 nitrogen and oxygen atoms in total. The Morgan fingerprint density at radius 2 is 1.86 bits per heavy atom. The summed E-state index contributed by atoms with van der Waals surface area (Å²) in [5.41, 5.74) is 0.474. The van der Waals surface area contributed by atoms with Gasteiger partial charge in [0.2, 0.25) is 0 Å². The van der Waals surface area contributed by atoms with Crippen molar-refractivity contribution in [3.05, 3.63) is 23.9 Å². The van der Waals surface area contributed by atoms with Gasteiger partial charge in [-0.05, 0) is 36.3 Å². The van der Waals surface area contributed by atoms with E-state index in [9.17, 15) is 4.79 Å². The van der Waals surface area contributed by atoms with Crippen molar-refractivity contribution in [1.29, 1.82) is 0 Å². The highest BCUT2D eigenvalue weighted by atomic mass is 16.1. The van der Waals surface area contributed by atoms with Gasteiger partial charge in [-0.25, -0.2) is 4.98 Å². The molecule has 4 heteroatoms. The quantitative estimate of drug-likeness (QED) is 0.770. The van der Waals surface area contributed by atoms with Crippen molar-refractivity contribution >= 4 is 11.7 Å². The standard InChI is InChI=1S/C17H29N3O/c1-6-10-18-16-9-7-8-15(20-16)17(21)19-11-14(12(2)3)13(4)5/h7-9,12-14H,6,10-11H2,1-5H3,(H,18,20)(H,19,21). The zero-order chi connectivity index (χ0) is 15.8. The molecule has 0 aliphatic carbocycles. The minimum Gasteiger partial charge on any atom is -0.370 e. The molecule has 0 radical (unpaired) electrons. The number of aromatic nitrogens is 1. The molecule has 0 aliphatic heterocycles. The molecule has 0 atom stereocenters. The molecule has 0 spiro atoms. The fourth-order valence-corrected chi connectivity index (χ4v) is 2.46. The lowest BCUT2D eigenvalue weighted by Crippen LogP contribution is -2.34. The Bertz CT molecular complexity index is 435. The maximum Gasteiger partial charge on any atom is 0.269 e. The normalized spacial score (nSPS) is 11.2. The maximum atomic E-state index is 12.2. The highest BCUT2D eigenvalue weighted by Crippen LogP contribution is 2.19. The summed E-state index contributed by atoms with van der Waals surface area (Å²) in [5, 5.41) is 6.22. The van der Waals surface area contributed by atoms with Crippen molar-refractivity contribution in [3.63, 3.8) is 0 Å². The minimum absolute atomic E-state index is 0.0959. The largest absolute Gasteiger partial charge is 0.370 e. The molecule has 0 fully saturated rings. The van der Waals surface area contributed by atoms with Crippen LogP contribution in [0.15, 0.2) is 18.2 Å². The smallest absolute Gasteiger partial charge is 0.269 e. The zero-order valence-electron chi connectivity index (χ0n) is 13.9. The minimum atomic E-state index is -0.0959. The van der Waals surface area contributed by atoms with Crippen LogP contribution in [0.4, 0.5) is 5.82 Å². The third-order valence-corrected chi connectivity index (χ3v) is 3.75. The van der Waals surface area contributed by atoms with Gasteiger partial charge in [0.25, 0.3) is 5.91 Å². The van der Waals surface area contributed by atoms with Crippen molar-refractivity contribution < 1.29 is 4.79 Å². The van der Waals surface area contributed by atoms with Crippen molar-refractivity contribution in [2.45, 2.75) is 41.0 Å². The Morgan fingerprint density at radius 3 is 2.43 bits per heavy atom. The average molecular weight is 291 g/mol. The highest BCUT2D eigenvalue weighted by molar-refractivity contribution is 5.92. The molecule has 1 rings (SSSR count). The molecule has 0 unspecified atom stereocenters. The van der Waals surface area contributed by atoms with E-state index < -0.39 is 0 Å². The lowest BCUT2D eigenvalue weighted by molar-refractivity contribution is 0.0932. The topological polar surface area (TPSA) is 54.0 Å². The van der Waals surface area contributed by atoms with E-state index in [1.807, 2.05) is 12.1 Å². The second-order valence-electron chi connectivity index (χ2n) is 6.20. The number of anilines is 1. The van der Waals surface area contributed by atoms with Crippen LogP contribution in [0.1, 0.15) is 51.5 Å². The van der Waals surface area contributed by atoms with Crippen LogP contribution >= 0.6 is 0 Å². The first-order valence-corrected chi connectivity index (χ1v) is 7.94. The van der Waals surface area contributed by atoms with Gasteiger partial charge in [-0.3, -0.25) is 4.79 Å². The van der Waals surface area contributed by atoms with E-state index in [1.54, 1.807) is 6.07 Å². The molecular weight excluding hydrogens is 262 g/mol. The molecule has 0 saturated heterocycles. The number of nitrogens with one attached hydrogen (secondary N) is 2. The summed E-state index contributed by atoms with van der Waals surface area (Å²) in [6.07, 6.45) is 1.03. The second-order valence-corrected chi connectivity index (χ2v) is 6.20. The first kappa shape index (κ1) is 17.5. The molecule has 21 heavy (non-hydrogen) atoms. The molecule has 1 amide bonds. The Hall–Kier alpha value is -1.58. The van der Waals surface area contributed by atoms with Crippen LogP contribution in [0.2, 0.25) is 0 Å². The van der Waals surface area contributed by atoms with Gasteiger partial charge in [0.1, 0.15) is 11.5 Å². The molecule has 0 saturated carbocycles. The number of carbonyl (C=O) groups is 1. The van der Waals surface area contributed by atoms with E-state index in [2.05, 4.69) is 50.2 Å². The predicted octanol–water partition coefficient (Wildman–Crippen LogP) is 3.56. The van der Waals surface area contributed by atoms with Crippen molar-refractivity contribution in [3.8, 4) is 0 Å². The summed E-state index contributed by atoms with van der Waals surface area (Å²) in [6, 6.07) is 5.51. The number of pyridine rings is 1. The molecular formula is C17H29N3O. The predicted molar refractivity (Wildman–Crippen MR) is 88.5 cm³/mol. The van der Waals surface area contributed by atoms with Gasteiger partial charge in [-0.1, -0.05) is 40.7 Å². The molecule has 118 valence electrons. The van der Waals surface area contributed by atoms with E-state index in [1.165, 1.54) is 0 Å². The summed E-state index contributed by atoms with van der Waals surface area (Å²) >= 11 is 0. The summed E-state index contributed by atoms with van der Waals surface area (Å²) in [4.78, 5) is 16.6. The summed E-state index contributed by atoms with van der Waals surface area (Å²) in [5.74, 6) is 2.25. The Kier molecular flexibility index (Phi) is 7.20. The average Bonchev–Trinajstić information content (AvgIpc) is 2.44. The van der Waals surface area contributed by atoms with Gasteiger partial charge >= 0.3 is 0 Å². The number of carbonyl (C=O) groups excluding carboxylic acids is 1. The molecule has 2 N–H and O–H groups in total. The van der Waals surface area contributed by atoms with Crippen LogP contribution < -0.4 is 10.6 Å². The maximum absolute atomic E-state index is 12.2. The van der Waals surface area contributed by atoms with Crippen molar-refractivity contribution in [2.75, 3.05) is 18.4 Å². The van der Waals surface area contributed by atoms with Crippen LogP contribution in [0, 0.1) is 17.8 Å². The summed E-state index contributed by atoms with van der Waals surface area (Å²) in [6.45, 7) is 12.5. The molecule has 1 aromatic rings. The van der Waals surface area contributed by atoms with E-state index in [0.29, 0.717) is 30.0 Å². The molecule has 0 aromatic carbocycles. The Morgan fingerprint density at radius 1 is 1.19 bits per heavy atom. The van der Waals surface area contributed by atoms with E-state index >= 15 is 0 Å². The third kappa shape index (κ3) is 5.74. The van der Waals surface area contributed by atoms with Crippen molar-refractivity contribution in [2.24, 2.45) is 17.8 Å². The monoisotopic (exact) mass is 291 g/mol. The first-order chi connectivity index (χ1) is 9.95. The number of hydrogen-bond acceptors (Lipinski definition) is 3. The Labute approximate surface area is 128 Å². The van der Waals surface area contributed by atoms with Crippen molar-refractivity contribution in [1.82, 2.24) is 10.3 Å². The van der Waals surface area contributed by atoms with Gasteiger partial charge in [-0.15, -0.1) is 0 Å². The van der Waals surface area contributed by atoms with E-state index in [-0.39, 0.29) is 5.91 Å². The van der Waals surface area contributed by atoms with E-state index in [4.69, 9.17) is 0 Å². The van der Waals surface area contributed by atoms with Crippen LogP contribution in [0.5, 0.6) is 0 Å². The summed E-state index contributed by atoms with van der Waals surface area (Å²) < 4.78 is 0. The SMILES string of the molecule is CCCNc1cccc(C(=O)NCC(C(C)C)C(C)C)n1. The number of nitrogens with zero attached hydrogens (tertiary/aromatic N) is 1. The lowest BCUT2D eigenvalue weighted by atomic mass is 9.85. The van der Waals surface area contributed by atoms with E-state index in [0.717, 1.165) is 18.8 Å².